The number of benzene rings is 2. The summed E-state index contributed by atoms with van der Waals surface area (Å²) in [5, 5.41) is 0. The van der Waals surface area contributed by atoms with E-state index < -0.39 is 15.8 Å². The average molecular weight is 393 g/mol. The second-order valence-corrected chi connectivity index (χ2v) is 8.41. The molecule has 0 unspecified atom stereocenters. The van der Waals surface area contributed by atoms with E-state index in [-0.39, 0.29) is 10.9 Å². The van der Waals surface area contributed by atoms with E-state index in [1.54, 1.807) is 12.1 Å². The quantitative estimate of drug-likeness (QED) is 0.760. The molecule has 0 spiro atoms. The van der Waals surface area contributed by atoms with Crippen LogP contribution in [0.15, 0.2) is 53.4 Å². The first-order chi connectivity index (χ1) is 12.9. The molecule has 0 saturated carbocycles. The molecule has 8 heteroatoms. The number of halogens is 1. The number of nitrogens with one attached hydrogen (secondary N) is 1. The summed E-state index contributed by atoms with van der Waals surface area (Å²) in [4.78, 5) is 12.9. The summed E-state index contributed by atoms with van der Waals surface area (Å²) in [7, 11) is -2.24. The van der Waals surface area contributed by atoms with Crippen molar-refractivity contribution in [1.29, 1.82) is 0 Å². The molecule has 1 aliphatic rings. The van der Waals surface area contributed by atoms with Crippen molar-refractivity contribution in [3.05, 3.63) is 65.5 Å². The van der Waals surface area contributed by atoms with Gasteiger partial charge in [-0.1, -0.05) is 12.1 Å². The van der Waals surface area contributed by atoms with Gasteiger partial charge in [-0.3, -0.25) is 0 Å². The number of hydrogen-bond donors (Lipinski definition) is 1. The first-order valence-electron chi connectivity index (χ1n) is 8.66. The Balaban J connectivity index is 1.58. The molecule has 2 aromatic rings. The molecule has 1 N–H and O–H groups in total. The van der Waals surface area contributed by atoms with Gasteiger partial charge in [0.2, 0.25) is 10.0 Å². The number of carbonyl (C=O) groups excluding carboxylic acids is 1. The van der Waals surface area contributed by atoms with Gasteiger partial charge in [-0.15, -0.1) is 0 Å². The molecule has 1 heterocycles. The number of piperazine rings is 1. The van der Waals surface area contributed by atoms with Gasteiger partial charge in [0.25, 0.3) is 0 Å². The smallest absolute Gasteiger partial charge is 0.337 e. The van der Waals surface area contributed by atoms with Gasteiger partial charge in [0.1, 0.15) is 12.4 Å². The van der Waals surface area contributed by atoms with Crippen molar-refractivity contribution in [1.82, 2.24) is 4.31 Å². The van der Waals surface area contributed by atoms with Crippen LogP contribution in [0.2, 0.25) is 0 Å². The molecular formula is C19H22FN2O4S+. The van der Waals surface area contributed by atoms with Crippen LogP contribution >= 0.6 is 0 Å². The second-order valence-electron chi connectivity index (χ2n) is 6.47. The SMILES string of the molecule is COC(=O)c1ccc(C[NH+]2CCN(S(=O)(=O)c3ccc(F)cc3)CC2)cc1. The van der Waals surface area contributed by atoms with E-state index in [0.717, 1.165) is 24.2 Å². The van der Waals surface area contributed by atoms with Gasteiger partial charge in [0.05, 0.1) is 43.7 Å². The standard InChI is InChI=1S/C19H21FN2O4S/c1-26-19(23)16-4-2-15(3-5-16)14-21-10-12-22(13-11-21)27(24,25)18-8-6-17(20)7-9-18/h2-9H,10-14H2,1H3/p+1. The Bertz CT molecular complexity index is 890. The summed E-state index contributed by atoms with van der Waals surface area (Å²) in [6.07, 6.45) is 0. The van der Waals surface area contributed by atoms with Crippen molar-refractivity contribution in [3.8, 4) is 0 Å². The number of rotatable bonds is 5. The molecule has 27 heavy (non-hydrogen) atoms. The van der Waals surface area contributed by atoms with Crippen LogP contribution in [0.1, 0.15) is 15.9 Å². The Morgan fingerprint density at radius 3 is 2.22 bits per heavy atom. The lowest BCUT2D eigenvalue weighted by atomic mass is 10.1. The molecule has 0 aliphatic carbocycles. The third kappa shape index (κ3) is 4.52. The zero-order valence-corrected chi connectivity index (χ0v) is 15.8. The number of sulfonamides is 1. The van der Waals surface area contributed by atoms with Gasteiger partial charge in [-0.2, -0.15) is 4.31 Å². The number of nitrogens with zero attached hydrogens (tertiary/aromatic N) is 1. The van der Waals surface area contributed by atoms with Crippen molar-refractivity contribution in [3.63, 3.8) is 0 Å². The first-order valence-corrected chi connectivity index (χ1v) is 10.1. The molecule has 0 radical (unpaired) electrons. The number of ether oxygens (including phenoxy) is 1. The van der Waals surface area contributed by atoms with E-state index >= 15 is 0 Å². The zero-order valence-electron chi connectivity index (χ0n) is 15.0. The number of carbonyl (C=O) groups is 1. The van der Waals surface area contributed by atoms with Crippen LogP contribution in [0.5, 0.6) is 0 Å². The number of hydrogen-bond acceptors (Lipinski definition) is 4. The van der Waals surface area contributed by atoms with E-state index in [2.05, 4.69) is 4.74 Å². The number of esters is 1. The van der Waals surface area contributed by atoms with Gasteiger partial charge >= 0.3 is 5.97 Å². The van der Waals surface area contributed by atoms with Crippen LogP contribution in [-0.4, -0.2) is 52.0 Å². The molecule has 0 amide bonds. The van der Waals surface area contributed by atoms with Crippen molar-refractivity contribution in [2.45, 2.75) is 11.4 Å². The monoisotopic (exact) mass is 393 g/mol. The maximum atomic E-state index is 13.0. The lowest BCUT2D eigenvalue weighted by molar-refractivity contribution is -0.917. The fraction of sp³-hybridized carbons (Fsp3) is 0.316. The third-order valence-electron chi connectivity index (χ3n) is 4.71. The Morgan fingerprint density at radius 2 is 1.67 bits per heavy atom. The maximum absolute atomic E-state index is 13.0. The Kier molecular flexibility index (Phi) is 5.88. The van der Waals surface area contributed by atoms with Gasteiger partial charge in [-0.05, 0) is 36.4 Å². The minimum atomic E-state index is -3.59. The summed E-state index contributed by atoms with van der Waals surface area (Å²) in [5.74, 6) is -0.824. The molecule has 144 valence electrons. The van der Waals surface area contributed by atoms with Gasteiger partial charge in [0, 0.05) is 5.56 Å². The summed E-state index contributed by atoms with van der Waals surface area (Å²) in [5.41, 5.74) is 1.58. The van der Waals surface area contributed by atoms with E-state index in [1.807, 2.05) is 12.1 Å². The fourth-order valence-corrected chi connectivity index (χ4v) is 4.58. The molecular weight excluding hydrogens is 371 g/mol. The predicted octanol–water partition coefficient (Wildman–Crippen LogP) is 0.702. The van der Waals surface area contributed by atoms with Crippen LogP contribution in [0, 0.1) is 5.82 Å². The Labute approximate surface area is 158 Å². The van der Waals surface area contributed by atoms with E-state index in [9.17, 15) is 17.6 Å². The minimum Gasteiger partial charge on any atom is -0.465 e. The van der Waals surface area contributed by atoms with Gasteiger partial charge < -0.3 is 9.64 Å². The molecule has 6 nitrogen and oxygen atoms in total. The van der Waals surface area contributed by atoms with E-state index in [0.29, 0.717) is 31.7 Å². The molecule has 1 saturated heterocycles. The minimum absolute atomic E-state index is 0.116. The second kappa shape index (κ2) is 8.16. The molecule has 3 rings (SSSR count). The highest BCUT2D eigenvalue weighted by molar-refractivity contribution is 7.89. The molecule has 1 fully saturated rings. The van der Waals surface area contributed by atoms with Crippen molar-refractivity contribution >= 4 is 16.0 Å². The molecule has 0 aromatic heterocycles. The predicted molar refractivity (Wildman–Crippen MR) is 97.3 cm³/mol. The van der Waals surface area contributed by atoms with E-state index in [4.69, 9.17) is 0 Å². The summed E-state index contributed by atoms with van der Waals surface area (Å²) in [6.45, 7) is 2.94. The van der Waals surface area contributed by atoms with Crippen molar-refractivity contribution in [2.75, 3.05) is 33.3 Å². The topological polar surface area (TPSA) is 68.1 Å². The summed E-state index contributed by atoms with van der Waals surface area (Å²) < 4.78 is 44.4. The lowest BCUT2D eigenvalue weighted by Gasteiger charge is -2.31. The first kappa shape index (κ1) is 19.5. The van der Waals surface area contributed by atoms with Gasteiger partial charge in [-0.25, -0.2) is 17.6 Å². The van der Waals surface area contributed by atoms with Crippen molar-refractivity contribution in [2.24, 2.45) is 0 Å². The highest BCUT2D eigenvalue weighted by Gasteiger charge is 2.30. The maximum Gasteiger partial charge on any atom is 0.337 e. The van der Waals surface area contributed by atoms with Crippen LogP contribution in [0.25, 0.3) is 0 Å². The van der Waals surface area contributed by atoms with Crippen LogP contribution in [-0.2, 0) is 21.3 Å². The van der Waals surface area contributed by atoms with Crippen LogP contribution < -0.4 is 4.90 Å². The molecule has 0 atom stereocenters. The van der Waals surface area contributed by atoms with Crippen LogP contribution in [0.3, 0.4) is 0 Å². The largest absolute Gasteiger partial charge is 0.465 e. The highest BCUT2D eigenvalue weighted by atomic mass is 32.2. The highest BCUT2D eigenvalue weighted by Crippen LogP contribution is 2.16. The fourth-order valence-electron chi connectivity index (χ4n) is 3.14. The molecule has 2 aromatic carbocycles. The summed E-state index contributed by atoms with van der Waals surface area (Å²) in [6, 6.07) is 12.2. The van der Waals surface area contributed by atoms with Crippen LogP contribution in [0.4, 0.5) is 4.39 Å². The summed E-state index contributed by atoms with van der Waals surface area (Å²) >= 11 is 0. The number of methoxy groups -OCH3 is 1. The average Bonchev–Trinajstić information content (AvgIpc) is 2.69. The Morgan fingerprint density at radius 1 is 1.07 bits per heavy atom. The lowest BCUT2D eigenvalue weighted by Crippen LogP contribution is -3.13. The normalized spacial score (nSPS) is 16.2. The zero-order chi connectivity index (χ0) is 19.4. The van der Waals surface area contributed by atoms with E-state index in [1.165, 1.54) is 28.4 Å². The third-order valence-corrected chi connectivity index (χ3v) is 6.62. The van der Waals surface area contributed by atoms with Gasteiger partial charge in [0.15, 0.2) is 0 Å². The van der Waals surface area contributed by atoms with Crippen molar-refractivity contribution < 1.29 is 27.2 Å². The Hall–Kier alpha value is -2.29. The number of quaternary nitrogens is 1. The molecule has 0 bridgehead atoms. The molecule has 1 aliphatic heterocycles.